The molecule has 2 aromatic heterocycles. The lowest BCUT2D eigenvalue weighted by Gasteiger charge is -2.12. The van der Waals surface area contributed by atoms with Gasteiger partial charge in [0, 0.05) is 11.2 Å². The molecule has 0 aliphatic heterocycles. The number of benzene rings is 1. The monoisotopic (exact) mass is 348 g/mol. The van der Waals surface area contributed by atoms with Crippen molar-refractivity contribution >= 4 is 34.2 Å². The zero-order valence-electron chi connectivity index (χ0n) is 10.5. The average molecular weight is 349 g/mol. The molecular formula is C12H5Cl2F3N4O. The third-order valence-corrected chi connectivity index (χ3v) is 3.48. The molecule has 0 spiro atoms. The van der Waals surface area contributed by atoms with Crippen LogP contribution in [0.15, 0.2) is 30.6 Å². The quantitative estimate of drug-likeness (QED) is 0.500. The highest BCUT2D eigenvalue weighted by Crippen LogP contribution is 2.37. The maximum absolute atomic E-state index is 12.7. The van der Waals surface area contributed by atoms with Crippen LogP contribution in [0, 0.1) is 5.21 Å². The van der Waals surface area contributed by atoms with E-state index in [-0.39, 0.29) is 21.2 Å². The molecule has 0 bridgehead atoms. The summed E-state index contributed by atoms with van der Waals surface area (Å²) in [5, 5.41) is 18.3. The number of halogens is 5. The Morgan fingerprint density at radius 2 is 1.82 bits per heavy atom. The van der Waals surface area contributed by atoms with E-state index in [1.807, 2.05) is 0 Å². The van der Waals surface area contributed by atoms with Gasteiger partial charge < -0.3 is 5.21 Å². The fraction of sp³-hybridized carbons (Fsp3) is 0.0833. The minimum Gasteiger partial charge on any atom is -0.594 e. The number of alkyl halides is 3. The zero-order chi connectivity index (χ0) is 16.1. The predicted molar refractivity (Wildman–Crippen MR) is 72.8 cm³/mol. The molecule has 0 unspecified atom stereocenters. The largest absolute Gasteiger partial charge is 0.594 e. The number of hydrogen-bond donors (Lipinski definition) is 0. The van der Waals surface area contributed by atoms with Gasteiger partial charge in [-0.15, -0.1) is 0 Å². The SMILES string of the molecule is [O-][n+]1ccc2c(cnn2-c2c(Cl)cc(C(F)(F)F)cc2Cl)n1. The maximum Gasteiger partial charge on any atom is 0.416 e. The topological polar surface area (TPSA) is 57.6 Å². The van der Waals surface area contributed by atoms with Gasteiger partial charge >= 0.3 is 6.18 Å². The van der Waals surface area contributed by atoms with Crippen LogP contribution in [0.1, 0.15) is 5.56 Å². The molecule has 0 fully saturated rings. The Labute approximate surface area is 131 Å². The van der Waals surface area contributed by atoms with Crippen LogP contribution in [-0.2, 0) is 6.18 Å². The number of fused-ring (bicyclic) bond motifs is 1. The van der Waals surface area contributed by atoms with Crippen LogP contribution >= 0.6 is 23.2 Å². The molecule has 0 N–H and O–H groups in total. The van der Waals surface area contributed by atoms with Crippen molar-refractivity contribution in [3.05, 3.63) is 51.4 Å². The molecule has 10 heteroatoms. The average Bonchev–Trinajstić information content (AvgIpc) is 2.80. The van der Waals surface area contributed by atoms with E-state index in [2.05, 4.69) is 10.2 Å². The van der Waals surface area contributed by atoms with Gasteiger partial charge in [-0.3, -0.25) is 0 Å². The lowest BCUT2D eigenvalue weighted by atomic mass is 10.2. The van der Waals surface area contributed by atoms with E-state index in [0.29, 0.717) is 10.4 Å². The van der Waals surface area contributed by atoms with Crippen molar-refractivity contribution in [2.75, 3.05) is 0 Å². The molecule has 2 heterocycles. The Hall–Kier alpha value is -2.06. The molecule has 3 aromatic rings. The second-order valence-electron chi connectivity index (χ2n) is 4.33. The van der Waals surface area contributed by atoms with Crippen molar-refractivity contribution in [3.8, 4) is 5.69 Å². The van der Waals surface area contributed by atoms with Crippen LogP contribution in [0.3, 0.4) is 0 Å². The second-order valence-corrected chi connectivity index (χ2v) is 5.15. The van der Waals surface area contributed by atoms with Crippen LogP contribution in [-0.4, -0.2) is 14.9 Å². The highest BCUT2D eigenvalue weighted by molar-refractivity contribution is 6.38. The van der Waals surface area contributed by atoms with E-state index >= 15 is 0 Å². The summed E-state index contributed by atoms with van der Waals surface area (Å²) in [6.07, 6.45) is -2.14. The summed E-state index contributed by atoms with van der Waals surface area (Å²) in [4.78, 5) is 0.338. The molecule has 5 nitrogen and oxygen atoms in total. The minimum atomic E-state index is -4.56. The van der Waals surface area contributed by atoms with Gasteiger partial charge in [0.05, 0.1) is 21.8 Å². The summed E-state index contributed by atoms with van der Waals surface area (Å²) in [7, 11) is 0. The van der Waals surface area contributed by atoms with E-state index in [9.17, 15) is 18.4 Å². The lowest BCUT2D eigenvalue weighted by molar-refractivity contribution is -0.666. The summed E-state index contributed by atoms with van der Waals surface area (Å²) in [6, 6.07) is 2.94. The van der Waals surface area contributed by atoms with Gasteiger partial charge in [-0.1, -0.05) is 28.0 Å². The molecule has 114 valence electrons. The standard InChI is InChI=1S/C12H5Cl2F3N4O/c13-7-3-6(12(15,16)17)4-8(14)11(7)21-10-1-2-20(22)19-9(10)5-18-21/h1-5H. The Morgan fingerprint density at radius 1 is 1.18 bits per heavy atom. The Balaban J connectivity index is 2.23. The molecule has 0 saturated carbocycles. The van der Waals surface area contributed by atoms with Gasteiger partial charge in [0.15, 0.2) is 5.52 Å². The lowest BCUT2D eigenvalue weighted by Crippen LogP contribution is -2.29. The van der Waals surface area contributed by atoms with Gasteiger partial charge in [-0.25, -0.2) is 4.68 Å². The first kappa shape index (κ1) is 14.9. The molecule has 22 heavy (non-hydrogen) atoms. The fourth-order valence-corrected chi connectivity index (χ4v) is 2.61. The summed E-state index contributed by atoms with van der Waals surface area (Å²) in [5.74, 6) is 0. The van der Waals surface area contributed by atoms with Gasteiger partial charge in [0.2, 0.25) is 6.20 Å². The van der Waals surface area contributed by atoms with Crippen molar-refractivity contribution in [1.82, 2.24) is 14.9 Å². The Kier molecular flexibility index (Phi) is 3.37. The summed E-state index contributed by atoms with van der Waals surface area (Å²) < 4.78 is 39.4. The number of nitrogens with zero attached hydrogens (tertiary/aromatic N) is 4. The molecule has 0 saturated heterocycles. The Bertz CT molecular complexity index is 855. The minimum absolute atomic E-state index is 0.0804. The smallest absolute Gasteiger partial charge is 0.416 e. The molecule has 0 atom stereocenters. The summed E-state index contributed by atoms with van der Waals surface area (Å²) in [6.45, 7) is 0. The third kappa shape index (κ3) is 2.44. The normalized spacial score (nSPS) is 12.0. The summed E-state index contributed by atoms with van der Waals surface area (Å²) >= 11 is 11.9. The molecule has 1 aromatic carbocycles. The van der Waals surface area contributed by atoms with Crippen molar-refractivity contribution in [1.29, 1.82) is 0 Å². The van der Waals surface area contributed by atoms with E-state index in [4.69, 9.17) is 23.2 Å². The molecule has 0 aliphatic carbocycles. The van der Waals surface area contributed by atoms with Gasteiger partial charge in [0.1, 0.15) is 11.2 Å². The van der Waals surface area contributed by atoms with Crippen LogP contribution in [0.2, 0.25) is 10.0 Å². The molecule has 3 rings (SSSR count). The van der Waals surface area contributed by atoms with Gasteiger partial charge in [0.25, 0.3) is 0 Å². The number of rotatable bonds is 1. The molecular weight excluding hydrogens is 344 g/mol. The van der Waals surface area contributed by atoms with Crippen LogP contribution < -0.4 is 4.85 Å². The third-order valence-electron chi connectivity index (χ3n) is 2.91. The summed E-state index contributed by atoms with van der Waals surface area (Å²) in [5.41, 5.74) is -0.241. The molecule has 0 radical (unpaired) electrons. The highest BCUT2D eigenvalue weighted by atomic mass is 35.5. The van der Waals surface area contributed by atoms with Gasteiger partial charge in [-0.2, -0.15) is 18.3 Å². The van der Waals surface area contributed by atoms with Crippen molar-refractivity contribution < 1.29 is 18.0 Å². The first-order chi connectivity index (χ1) is 10.3. The van der Waals surface area contributed by atoms with Crippen molar-refractivity contribution in [2.24, 2.45) is 0 Å². The highest BCUT2D eigenvalue weighted by Gasteiger charge is 2.32. The van der Waals surface area contributed by atoms with Crippen LogP contribution in [0.4, 0.5) is 13.2 Å². The van der Waals surface area contributed by atoms with Crippen LogP contribution in [0.5, 0.6) is 0 Å². The van der Waals surface area contributed by atoms with Crippen molar-refractivity contribution in [2.45, 2.75) is 6.18 Å². The first-order valence-electron chi connectivity index (χ1n) is 5.78. The van der Waals surface area contributed by atoms with E-state index in [0.717, 1.165) is 18.3 Å². The molecule has 0 amide bonds. The molecule has 0 aliphatic rings. The van der Waals surface area contributed by atoms with Crippen LogP contribution in [0.25, 0.3) is 16.7 Å². The van der Waals surface area contributed by atoms with Gasteiger partial charge in [-0.05, 0) is 12.1 Å². The maximum atomic E-state index is 12.7. The fourth-order valence-electron chi connectivity index (χ4n) is 1.97. The van der Waals surface area contributed by atoms with E-state index < -0.39 is 11.7 Å². The first-order valence-corrected chi connectivity index (χ1v) is 6.54. The van der Waals surface area contributed by atoms with E-state index in [1.165, 1.54) is 16.9 Å². The number of hydrogen-bond acceptors (Lipinski definition) is 3. The van der Waals surface area contributed by atoms with E-state index in [1.54, 1.807) is 0 Å². The second kappa shape index (κ2) is 4.99. The Morgan fingerprint density at radius 3 is 2.41 bits per heavy atom. The predicted octanol–water partition coefficient (Wildman–Crippen LogP) is 3.38. The van der Waals surface area contributed by atoms with Crippen molar-refractivity contribution in [3.63, 3.8) is 0 Å². The number of aromatic nitrogens is 4. The zero-order valence-corrected chi connectivity index (χ0v) is 12.0.